The van der Waals surface area contributed by atoms with E-state index < -0.39 is 10.4 Å². The van der Waals surface area contributed by atoms with Crippen LogP contribution in [0.15, 0.2) is 48.5 Å². The monoisotopic (exact) mass is 426 g/mol. The summed E-state index contributed by atoms with van der Waals surface area (Å²) in [5.74, 6) is 1.82. The van der Waals surface area contributed by atoms with Crippen LogP contribution in [0.3, 0.4) is 0 Å². The van der Waals surface area contributed by atoms with Gasteiger partial charge in [0.05, 0.1) is 13.2 Å². The van der Waals surface area contributed by atoms with Crippen molar-refractivity contribution < 1.29 is 54.9 Å². The van der Waals surface area contributed by atoms with Crippen LogP contribution in [-0.2, 0) is 10.4 Å². The van der Waals surface area contributed by atoms with Gasteiger partial charge in [-0.1, -0.05) is 0 Å². The third kappa shape index (κ3) is 21.8. The van der Waals surface area contributed by atoms with Crippen LogP contribution in [0.25, 0.3) is 0 Å². The first kappa shape index (κ1) is 33.3. The smallest absolute Gasteiger partial charge is 0.128 e. The molecule has 0 fully saturated rings. The number of benzene rings is 2. The first-order valence-corrected chi connectivity index (χ1v) is 8.75. The third-order valence-corrected chi connectivity index (χ3v) is 2.47. The highest BCUT2D eigenvalue weighted by Gasteiger charge is 1.91. The molecule has 2 aromatic carbocycles. The SMILES string of the molecule is CCOc1ccc([NH3+])cc1.CCOc1ccc([NH3+])cc1.O.O.O.O=S(=O)([O-])[O-]. The molecule has 164 valence electrons. The predicted molar refractivity (Wildman–Crippen MR) is 102 cm³/mol. The van der Waals surface area contributed by atoms with Crippen molar-refractivity contribution in [2.45, 2.75) is 13.8 Å². The minimum Gasteiger partial charge on any atom is -0.759 e. The lowest BCUT2D eigenvalue weighted by Crippen LogP contribution is -2.39. The maximum Gasteiger partial charge on any atom is 0.128 e. The zero-order chi connectivity index (χ0) is 19.3. The van der Waals surface area contributed by atoms with Crippen molar-refractivity contribution in [2.24, 2.45) is 0 Å². The van der Waals surface area contributed by atoms with Gasteiger partial charge in [0.25, 0.3) is 0 Å². The second-order valence-electron chi connectivity index (χ2n) is 4.56. The molecule has 0 saturated heterocycles. The van der Waals surface area contributed by atoms with E-state index in [4.69, 9.17) is 27.0 Å². The number of hydrogen-bond acceptors (Lipinski definition) is 6. The number of hydrogen-bond donors (Lipinski definition) is 2. The Kier molecular flexibility index (Phi) is 21.5. The number of rotatable bonds is 4. The van der Waals surface area contributed by atoms with Gasteiger partial charge in [-0.05, 0) is 38.1 Å². The fraction of sp³-hybridized carbons (Fsp3) is 0.250. The molecule has 2 rings (SSSR count). The maximum absolute atomic E-state index is 8.52. The van der Waals surface area contributed by atoms with Gasteiger partial charge < -0.3 is 46.5 Å². The molecule has 28 heavy (non-hydrogen) atoms. The Morgan fingerprint density at radius 3 is 1.11 bits per heavy atom. The Morgan fingerprint density at radius 2 is 0.929 bits per heavy atom. The van der Waals surface area contributed by atoms with Gasteiger partial charge in [-0.25, -0.2) is 0 Å². The molecule has 0 aromatic heterocycles. The first-order chi connectivity index (χ1) is 11.7. The average Bonchev–Trinajstić information content (AvgIpc) is 2.51. The van der Waals surface area contributed by atoms with Crippen LogP contribution < -0.4 is 20.9 Å². The molecule has 0 unspecified atom stereocenters. The van der Waals surface area contributed by atoms with Crippen molar-refractivity contribution in [3.05, 3.63) is 48.5 Å². The third-order valence-electron chi connectivity index (χ3n) is 2.47. The van der Waals surface area contributed by atoms with E-state index in [9.17, 15) is 0 Å². The molecule has 0 spiro atoms. The molecule has 0 saturated carbocycles. The van der Waals surface area contributed by atoms with E-state index in [1.165, 1.54) is 0 Å². The molecule has 0 atom stereocenters. The molecule has 12 heteroatoms. The van der Waals surface area contributed by atoms with Gasteiger partial charge in [0.1, 0.15) is 22.9 Å². The van der Waals surface area contributed by atoms with Crippen molar-refractivity contribution in [3.63, 3.8) is 0 Å². The molecule has 0 aliphatic heterocycles. The van der Waals surface area contributed by atoms with Crippen LogP contribution in [0.2, 0.25) is 0 Å². The van der Waals surface area contributed by atoms with Crippen molar-refractivity contribution in [2.75, 3.05) is 13.2 Å². The molecule has 0 radical (unpaired) electrons. The molecule has 0 bridgehead atoms. The lowest BCUT2D eigenvalue weighted by Gasteiger charge is -2.06. The van der Waals surface area contributed by atoms with Gasteiger partial charge in [0.15, 0.2) is 0 Å². The Labute approximate surface area is 164 Å². The van der Waals surface area contributed by atoms with E-state index in [0.29, 0.717) is 0 Å². The van der Waals surface area contributed by atoms with Crippen LogP contribution in [0.1, 0.15) is 13.8 Å². The number of quaternary nitrogens is 2. The first-order valence-electron chi connectivity index (χ1n) is 7.42. The van der Waals surface area contributed by atoms with Crippen LogP contribution >= 0.6 is 0 Å². The Bertz CT molecular complexity index is 638. The molecular formula is C16H30N2O9S. The minimum absolute atomic E-state index is 0. The Hall–Kier alpha value is -2.29. The van der Waals surface area contributed by atoms with Crippen LogP contribution in [0.5, 0.6) is 11.5 Å². The van der Waals surface area contributed by atoms with Gasteiger partial charge in [-0.3, -0.25) is 8.42 Å². The second-order valence-corrected chi connectivity index (χ2v) is 5.38. The molecule has 2 aromatic rings. The zero-order valence-corrected chi connectivity index (χ0v) is 16.6. The Balaban J connectivity index is -0.000000154. The van der Waals surface area contributed by atoms with Crippen molar-refractivity contribution in [3.8, 4) is 11.5 Å². The lowest BCUT2D eigenvalue weighted by molar-refractivity contribution is -0.255. The topological polar surface area (TPSA) is 248 Å². The summed E-state index contributed by atoms with van der Waals surface area (Å²) in [4.78, 5) is 0. The summed E-state index contributed by atoms with van der Waals surface area (Å²) in [6.07, 6.45) is 0. The minimum atomic E-state index is -5.17. The molecule has 12 N–H and O–H groups in total. The highest BCUT2D eigenvalue weighted by molar-refractivity contribution is 7.79. The molecular weight excluding hydrogens is 396 g/mol. The van der Waals surface area contributed by atoms with E-state index in [2.05, 4.69) is 11.5 Å². The van der Waals surface area contributed by atoms with Crippen LogP contribution in [0.4, 0.5) is 11.4 Å². The van der Waals surface area contributed by atoms with Gasteiger partial charge >= 0.3 is 0 Å². The van der Waals surface area contributed by atoms with E-state index in [-0.39, 0.29) is 16.4 Å². The van der Waals surface area contributed by atoms with E-state index >= 15 is 0 Å². The van der Waals surface area contributed by atoms with Crippen molar-refractivity contribution in [1.29, 1.82) is 0 Å². The lowest BCUT2D eigenvalue weighted by atomic mass is 10.3. The standard InChI is InChI=1S/2C8H11NO.H2O4S.3H2O/c2*1-2-10-8-5-3-7(9)4-6-8;1-5(2,3)4;;;/h2*3-6H,2,9H2,1H3;(H2,1,2,3,4);3*1H2. The van der Waals surface area contributed by atoms with E-state index in [1.54, 1.807) is 0 Å². The highest BCUT2D eigenvalue weighted by Crippen LogP contribution is 2.12. The quantitative estimate of drug-likeness (QED) is 0.417. The number of ether oxygens (including phenoxy) is 2. The van der Waals surface area contributed by atoms with Gasteiger partial charge in [0, 0.05) is 34.7 Å². The van der Waals surface area contributed by atoms with E-state index in [0.717, 1.165) is 36.1 Å². The summed E-state index contributed by atoms with van der Waals surface area (Å²) in [7, 11) is -5.17. The van der Waals surface area contributed by atoms with Gasteiger partial charge in [-0.2, -0.15) is 0 Å². The largest absolute Gasteiger partial charge is 0.759 e. The van der Waals surface area contributed by atoms with E-state index in [1.807, 2.05) is 62.4 Å². The molecule has 0 heterocycles. The van der Waals surface area contributed by atoms with Gasteiger partial charge in [0.2, 0.25) is 0 Å². The van der Waals surface area contributed by atoms with Crippen molar-refractivity contribution >= 4 is 21.8 Å². The second kappa shape index (κ2) is 18.1. The summed E-state index contributed by atoms with van der Waals surface area (Å²) in [6, 6.07) is 15.4. The maximum atomic E-state index is 8.52. The summed E-state index contributed by atoms with van der Waals surface area (Å²) < 4.78 is 44.5. The highest BCUT2D eigenvalue weighted by atomic mass is 32.3. The van der Waals surface area contributed by atoms with Crippen LogP contribution in [0, 0.1) is 0 Å². The fourth-order valence-corrected chi connectivity index (χ4v) is 1.50. The molecule has 0 aliphatic rings. The predicted octanol–water partition coefficient (Wildman–Crippen LogP) is -1.89. The van der Waals surface area contributed by atoms with Gasteiger partial charge in [-0.15, -0.1) is 0 Å². The summed E-state index contributed by atoms with van der Waals surface area (Å²) in [6.45, 7) is 5.38. The van der Waals surface area contributed by atoms with Crippen molar-refractivity contribution in [1.82, 2.24) is 0 Å². The Morgan fingerprint density at radius 1 is 0.714 bits per heavy atom. The zero-order valence-electron chi connectivity index (χ0n) is 15.8. The summed E-state index contributed by atoms with van der Waals surface area (Å²) in [5.41, 5.74) is 9.57. The van der Waals surface area contributed by atoms with Crippen LogP contribution in [-0.4, -0.2) is 47.2 Å². The molecule has 0 amide bonds. The molecule has 0 aliphatic carbocycles. The molecule has 11 nitrogen and oxygen atoms in total. The average molecular weight is 426 g/mol. The normalized spacial score (nSPS) is 8.79. The fourth-order valence-electron chi connectivity index (χ4n) is 1.50. The summed E-state index contributed by atoms with van der Waals surface area (Å²) in [5, 5.41) is 0. The summed E-state index contributed by atoms with van der Waals surface area (Å²) >= 11 is 0.